The SMILES string of the molecule is CCNc1nc(NCC)nc(SSc2nc(NCC)nc(NCC)n2)n1. The summed E-state index contributed by atoms with van der Waals surface area (Å²) in [7, 11) is 2.75. The number of anilines is 4. The van der Waals surface area contributed by atoms with Crippen LogP contribution in [0.4, 0.5) is 23.8 Å². The molecule has 0 bridgehead atoms. The van der Waals surface area contributed by atoms with E-state index >= 15 is 0 Å². The van der Waals surface area contributed by atoms with Gasteiger partial charge in [-0.3, -0.25) is 0 Å². The molecule has 0 atom stereocenters. The maximum absolute atomic E-state index is 4.40. The molecule has 0 aliphatic carbocycles. The molecule has 26 heavy (non-hydrogen) atoms. The summed E-state index contributed by atoms with van der Waals surface area (Å²) >= 11 is 0. The molecular weight excluding hydrogens is 372 g/mol. The third-order valence-electron chi connectivity index (χ3n) is 2.76. The highest BCUT2D eigenvalue weighted by Gasteiger charge is 2.11. The van der Waals surface area contributed by atoms with E-state index in [0.29, 0.717) is 34.1 Å². The van der Waals surface area contributed by atoms with Crippen molar-refractivity contribution < 1.29 is 0 Å². The van der Waals surface area contributed by atoms with E-state index in [-0.39, 0.29) is 0 Å². The zero-order valence-corrected chi connectivity index (χ0v) is 17.0. The Hall–Kier alpha value is -2.08. The Bertz CT molecular complexity index is 591. The van der Waals surface area contributed by atoms with E-state index in [1.54, 1.807) is 0 Å². The van der Waals surface area contributed by atoms with Crippen molar-refractivity contribution >= 4 is 45.4 Å². The number of nitrogens with one attached hydrogen (secondary N) is 4. The van der Waals surface area contributed by atoms with Crippen molar-refractivity contribution in [1.82, 2.24) is 29.9 Å². The summed E-state index contributed by atoms with van der Waals surface area (Å²) in [6, 6.07) is 0. The fraction of sp³-hybridized carbons (Fsp3) is 0.571. The van der Waals surface area contributed by atoms with Gasteiger partial charge in [0.05, 0.1) is 0 Å². The average Bonchev–Trinajstić information content (AvgIpc) is 2.61. The molecule has 2 rings (SSSR count). The minimum absolute atomic E-state index is 0.541. The molecule has 0 unspecified atom stereocenters. The van der Waals surface area contributed by atoms with E-state index in [1.165, 1.54) is 21.6 Å². The van der Waals surface area contributed by atoms with Crippen molar-refractivity contribution in [3.05, 3.63) is 0 Å². The molecule has 12 heteroatoms. The number of hydrogen-bond donors (Lipinski definition) is 4. The number of aromatic nitrogens is 6. The molecule has 0 spiro atoms. The van der Waals surface area contributed by atoms with Gasteiger partial charge in [0.2, 0.25) is 34.1 Å². The summed E-state index contributed by atoms with van der Waals surface area (Å²) in [5.74, 6) is 2.16. The van der Waals surface area contributed by atoms with Gasteiger partial charge in [-0.1, -0.05) is 0 Å². The molecule has 0 saturated heterocycles. The third kappa shape index (κ3) is 6.33. The Kier molecular flexibility index (Phi) is 8.41. The predicted octanol–water partition coefficient (Wildman–Crippen LogP) is 2.58. The summed E-state index contributed by atoms with van der Waals surface area (Å²) in [6.45, 7) is 10.9. The van der Waals surface area contributed by atoms with Gasteiger partial charge in [-0.2, -0.15) is 29.9 Å². The van der Waals surface area contributed by atoms with Crippen LogP contribution in [0.5, 0.6) is 0 Å². The fourth-order valence-corrected chi connectivity index (χ4v) is 3.35. The first-order valence-corrected chi connectivity index (χ1v) is 10.7. The molecule has 2 aromatic heterocycles. The van der Waals surface area contributed by atoms with Crippen LogP contribution in [0.3, 0.4) is 0 Å². The molecule has 2 heterocycles. The van der Waals surface area contributed by atoms with Crippen molar-refractivity contribution in [3.8, 4) is 0 Å². The van der Waals surface area contributed by atoms with Crippen LogP contribution in [0.2, 0.25) is 0 Å². The molecule has 0 radical (unpaired) electrons. The summed E-state index contributed by atoms with van der Waals surface area (Å²) in [6.07, 6.45) is 0. The van der Waals surface area contributed by atoms with Crippen molar-refractivity contribution in [2.75, 3.05) is 47.4 Å². The number of rotatable bonds is 11. The topological polar surface area (TPSA) is 125 Å². The average molecular weight is 397 g/mol. The van der Waals surface area contributed by atoms with Crippen LogP contribution in [0.1, 0.15) is 27.7 Å². The molecule has 0 aromatic carbocycles. The van der Waals surface area contributed by atoms with Crippen LogP contribution in [0.25, 0.3) is 0 Å². The van der Waals surface area contributed by atoms with Gasteiger partial charge in [0.1, 0.15) is 0 Å². The summed E-state index contributed by atoms with van der Waals surface area (Å²) in [4.78, 5) is 26.3. The molecule has 4 N–H and O–H groups in total. The Labute approximate surface area is 161 Å². The highest BCUT2D eigenvalue weighted by Crippen LogP contribution is 2.34. The minimum atomic E-state index is 0.541. The fourth-order valence-electron chi connectivity index (χ4n) is 1.81. The van der Waals surface area contributed by atoms with E-state index in [2.05, 4.69) is 51.2 Å². The van der Waals surface area contributed by atoms with E-state index in [0.717, 1.165) is 26.2 Å². The van der Waals surface area contributed by atoms with Crippen LogP contribution in [0.15, 0.2) is 10.3 Å². The summed E-state index contributed by atoms with van der Waals surface area (Å²) in [5.41, 5.74) is 0. The molecule has 0 saturated carbocycles. The van der Waals surface area contributed by atoms with Crippen LogP contribution < -0.4 is 21.3 Å². The van der Waals surface area contributed by atoms with Gasteiger partial charge in [-0.15, -0.1) is 0 Å². The highest BCUT2D eigenvalue weighted by molar-refractivity contribution is 8.76. The Morgan fingerprint density at radius 2 is 0.769 bits per heavy atom. The third-order valence-corrected chi connectivity index (χ3v) is 4.65. The first-order valence-electron chi connectivity index (χ1n) is 8.50. The maximum atomic E-state index is 4.40. The van der Waals surface area contributed by atoms with E-state index in [1.807, 2.05) is 27.7 Å². The molecule has 10 nitrogen and oxygen atoms in total. The Balaban J connectivity index is 2.16. The Morgan fingerprint density at radius 3 is 1.00 bits per heavy atom. The maximum Gasteiger partial charge on any atom is 0.228 e. The lowest BCUT2D eigenvalue weighted by atomic mass is 10.7. The van der Waals surface area contributed by atoms with Crippen LogP contribution in [-0.2, 0) is 0 Å². The van der Waals surface area contributed by atoms with Gasteiger partial charge in [0, 0.05) is 26.2 Å². The van der Waals surface area contributed by atoms with Crippen LogP contribution >= 0.6 is 21.6 Å². The standard InChI is InChI=1S/C14H24N10S2/c1-5-15-9-19-10(16-6-2)22-13(21-9)25-26-14-23-11(17-7-3)20-12(24-14)18-8-4/h5-8H2,1-4H3,(H2,15,16,19,21,22)(H2,17,18,20,23,24). The second-order valence-corrected chi connectivity index (χ2v) is 6.88. The lowest BCUT2D eigenvalue weighted by Crippen LogP contribution is -2.09. The van der Waals surface area contributed by atoms with Crippen LogP contribution in [0, 0.1) is 0 Å². The Morgan fingerprint density at radius 1 is 0.500 bits per heavy atom. The largest absolute Gasteiger partial charge is 0.354 e. The lowest BCUT2D eigenvalue weighted by Gasteiger charge is -2.09. The normalized spacial score (nSPS) is 10.5. The quantitative estimate of drug-likeness (QED) is 0.417. The molecule has 2 aromatic rings. The predicted molar refractivity (Wildman–Crippen MR) is 108 cm³/mol. The molecule has 0 aliphatic heterocycles. The first kappa shape index (κ1) is 20.2. The monoisotopic (exact) mass is 396 g/mol. The van der Waals surface area contributed by atoms with Crippen molar-refractivity contribution in [1.29, 1.82) is 0 Å². The van der Waals surface area contributed by atoms with E-state index in [9.17, 15) is 0 Å². The van der Waals surface area contributed by atoms with E-state index < -0.39 is 0 Å². The molecule has 0 fully saturated rings. The number of hydrogen-bond acceptors (Lipinski definition) is 12. The first-order chi connectivity index (χ1) is 12.7. The summed E-state index contributed by atoms with van der Waals surface area (Å²) < 4.78 is 0. The smallest absolute Gasteiger partial charge is 0.228 e. The van der Waals surface area contributed by atoms with Crippen molar-refractivity contribution in [2.45, 2.75) is 38.0 Å². The van der Waals surface area contributed by atoms with Gasteiger partial charge in [0.15, 0.2) is 0 Å². The molecule has 142 valence electrons. The minimum Gasteiger partial charge on any atom is -0.354 e. The van der Waals surface area contributed by atoms with Gasteiger partial charge < -0.3 is 21.3 Å². The lowest BCUT2D eigenvalue weighted by molar-refractivity contribution is 0.893. The molecule has 0 amide bonds. The van der Waals surface area contributed by atoms with Gasteiger partial charge in [-0.05, 0) is 49.3 Å². The van der Waals surface area contributed by atoms with Crippen LogP contribution in [-0.4, -0.2) is 56.1 Å². The zero-order chi connectivity index (χ0) is 18.8. The van der Waals surface area contributed by atoms with E-state index in [4.69, 9.17) is 0 Å². The van der Waals surface area contributed by atoms with Gasteiger partial charge in [0.25, 0.3) is 0 Å². The number of nitrogens with zero attached hydrogens (tertiary/aromatic N) is 6. The summed E-state index contributed by atoms with van der Waals surface area (Å²) in [5, 5.41) is 13.6. The van der Waals surface area contributed by atoms with Crippen molar-refractivity contribution in [2.24, 2.45) is 0 Å². The van der Waals surface area contributed by atoms with Gasteiger partial charge in [-0.25, -0.2) is 0 Å². The molecule has 0 aliphatic rings. The zero-order valence-electron chi connectivity index (χ0n) is 15.3. The van der Waals surface area contributed by atoms with Gasteiger partial charge >= 0.3 is 0 Å². The molecular formula is C14H24N10S2. The highest BCUT2D eigenvalue weighted by atomic mass is 33.1. The van der Waals surface area contributed by atoms with Crippen molar-refractivity contribution in [3.63, 3.8) is 0 Å². The second kappa shape index (κ2) is 10.8. The second-order valence-electron chi connectivity index (χ2n) is 4.82.